The van der Waals surface area contributed by atoms with E-state index in [1.165, 1.54) is 11.3 Å². The van der Waals surface area contributed by atoms with Crippen LogP contribution in [0.5, 0.6) is 11.5 Å². The number of rotatable bonds is 2. The molecule has 0 aliphatic carbocycles. The van der Waals surface area contributed by atoms with Gasteiger partial charge in [0.2, 0.25) is 0 Å². The fourth-order valence-electron chi connectivity index (χ4n) is 2.93. The van der Waals surface area contributed by atoms with Crippen LogP contribution in [0.1, 0.15) is 17.5 Å². The third-order valence-corrected chi connectivity index (χ3v) is 7.35. The molecule has 0 atom stereocenters. The zero-order valence-corrected chi connectivity index (χ0v) is 14.2. The highest BCUT2D eigenvalue weighted by molar-refractivity contribution is 7.91. The maximum Gasteiger partial charge on any atom is 0.252 e. The van der Waals surface area contributed by atoms with E-state index in [-0.39, 0.29) is 0 Å². The monoisotopic (exact) mass is 351 g/mol. The lowest BCUT2D eigenvalue weighted by atomic mass is 10.0. The second-order valence-corrected chi connectivity index (χ2v) is 8.75. The Morgan fingerprint density at radius 1 is 1.09 bits per heavy atom. The van der Waals surface area contributed by atoms with Gasteiger partial charge in [-0.15, -0.1) is 11.3 Å². The Morgan fingerprint density at radius 2 is 1.83 bits per heavy atom. The number of thiophene rings is 1. The second kappa shape index (κ2) is 5.81. The molecule has 0 amide bonds. The molecule has 122 valence electrons. The zero-order chi connectivity index (χ0) is 15.9. The van der Waals surface area contributed by atoms with E-state index < -0.39 is 10.0 Å². The number of fused-ring (bicyclic) bond motifs is 2. The summed E-state index contributed by atoms with van der Waals surface area (Å²) in [6.07, 6.45) is 1.55. The topological polar surface area (TPSA) is 55.8 Å². The minimum absolute atomic E-state index is 0.381. The van der Waals surface area contributed by atoms with E-state index in [0.29, 0.717) is 36.9 Å². The highest BCUT2D eigenvalue weighted by Crippen LogP contribution is 2.36. The van der Waals surface area contributed by atoms with Crippen molar-refractivity contribution < 1.29 is 17.9 Å². The number of benzene rings is 1. The van der Waals surface area contributed by atoms with E-state index >= 15 is 0 Å². The van der Waals surface area contributed by atoms with E-state index in [4.69, 9.17) is 9.47 Å². The van der Waals surface area contributed by atoms with Crippen molar-refractivity contribution in [2.24, 2.45) is 0 Å². The van der Waals surface area contributed by atoms with Crippen LogP contribution in [-0.4, -0.2) is 32.5 Å². The standard InChI is InChI=1S/C16H17NO4S2/c18-23(19,16-3-1-8-22-16)17-5-4-12-9-14-15(10-13(12)11-17)21-7-2-6-20-14/h1,3,8-10H,2,4-7,11H2. The molecule has 0 spiro atoms. The maximum atomic E-state index is 12.7. The maximum absolute atomic E-state index is 12.7. The van der Waals surface area contributed by atoms with Gasteiger partial charge < -0.3 is 9.47 Å². The number of nitrogens with zero attached hydrogens (tertiary/aromatic N) is 1. The van der Waals surface area contributed by atoms with E-state index in [2.05, 4.69) is 0 Å². The van der Waals surface area contributed by atoms with Gasteiger partial charge in [-0.3, -0.25) is 0 Å². The lowest BCUT2D eigenvalue weighted by Gasteiger charge is -2.28. The molecule has 0 saturated carbocycles. The molecule has 0 fully saturated rings. The van der Waals surface area contributed by atoms with Crippen LogP contribution >= 0.6 is 11.3 Å². The predicted molar refractivity (Wildman–Crippen MR) is 87.7 cm³/mol. The van der Waals surface area contributed by atoms with Crippen molar-refractivity contribution in [3.05, 3.63) is 40.8 Å². The molecule has 7 heteroatoms. The van der Waals surface area contributed by atoms with Crippen molar-refractivity contribution in [1.29, 1.82) is 0 Å². The van der Waals surface area contributed by atoms with E-state index in [9.17, 15) is 8.42 Å². The van der Waals surface area contributed by atoms with Crippen molar-refractivity contribution in [3.63, 3.8) is 0 Å². The normalized spacial score (nSPS) is 18.3. The first-order chi connectivity index (χ1) is 11.1. The number of hydrogen-bond acceptors (Lipinski definition) is 5. The Balaban J connectivity index is 1.66. The highest BCUT2D eigenvalue weighted by atomic mass is 32.2. The molecule has 0 N–H and O–H groups in total. The average Bonchev–Trinajstić information content (AvgIpc) is 3.00. The van der Waals surface area contributed by atoms with E-state index in [1.54, 1.807) is 21.8 Å². The van der Waals surface area contributed by atoms with Crippen LogP contribution in [0.15, 0.2) is 33.9 Å². The van der Waals surface area contributed by atoms with Gasteiger partial charge >= 0.3 is 0 Å². The average molecular weight is 351 g/mol. The van der Waals surface area contributed by atoms with Crippen molar-refractivity contribution in [3.8, 4) is 11.5 Å². The Morgan fingerprint density at radius 3 is 2.52 bits per heavy atom. The molecule has 3 heterocycles. The van der Waals surface area contributed by atoms with Crippen molar-refractivity contribution in [2.45, 2.75) is 23.6 Å². The smallest absolute Gasteiger partial charge is 0.252 e. The molecular weight excluding hydrogens is 334 g/mol. The molecule has 2 aromatic rings. The SMILES string of the molecule is O=S(=O)(c1cccs1)N1CCc2cc3c(cc2C1)OCCCO3. The third kappa shape index (κ3) is 2.73. The lowest BCUT2D eigenvalue weighted by Crippen LogP contribution is -2.35. The molecule has 1 aromatic heterocycles. The van der Waals surface area contributed by atoms with Gasteiger partial charge in [-0.2, -0.15) is 4.31 Å². The van der Waals surface area contributed by atoms with Gasteiger partial charge in [0.1, 0.15) is 4.21 Å². The fraction of sp³-hybridized carbons (Fsp3) is 0.375. The largest absolute Gasteiger partial charge is 0.490 e. The molecule has 5 nitrogen and oxygen atoms in total. The van der Waals surface area contributed by atoms with Crippen LogP contribution in [0.3, 0.4) is 0 Å². The van der Waals surface area contributed by atoms with Gasteiger partial charge in [0.15, 0.2) is 11.5 Å². The fourth-order valence-corrected chi connectivity index (χ4v) is 5.49. The summed E-state index contributed by atoms with van der Waals surface area (Å²) in [6, 6.07) is 7.36. The summed E-state index contributed by atoms with van der Waals surface area (Å²) in [5, 5.41) is 1.79. The summed E-state index contributed by atoms with van der Waals surface area (Å²) < 4.78 is 38.7. The van der Waals surface area contributed by atoms with E-state index in [0.717, 1.165) is 29.0 Å². The van der Waals surface area contributed by atoms with Gasteiger partial charge in [-0.05, 0) is 41.1 Å². The first kappa shape index (κ1) is 15.0. The molecule has 4 rings (SSSR count). The van der Waals surface area contributed by atoms with Gasteiger partial charge in [0.25, 0.3) is 10.0 Å². The minimum Gasteiger partial charge on any atom is -0.490 e. The van der Waals surface area contributed by atoms with Crippen LogP contribution in [-0.2, 0) is 23.0 Å². The first-order valence-electron chi connectivity index (χ1n) is 7.60. The molecule has 0 saturated heterocycles. The number of sulfonamides is 1. The number of hydrogen-bond donors (Lipinski definition) is 0. The summed E-state index contributed by atoms with van der Waals surface area (Å²) in [5.74, 6) is 1.49. The van der Waals surface area contributed by atoms with Crippen molar-refractivity contribution >= 4 is 21.4 Å². The Hall–Kier alpha value is -1.57. The molecule has 0 radical (unpaired) electrons. The molecule has 2 aliphatic heterocycles. The highest BCUT2D eigenvalue weighted by Gasteiger charge is 2.30. The summed E-state index contributed by atoms with van der Waals surface area (Å²) in [5.41, 5.74) is 2.15. The summed E-state index contributed by atoms with van der Waals surface area (Å²) in [7, 11) is -3.41. The number of ether oxygens (including phenoxy) is 2. The Kier molecular flexibility index (Phi) is 3.79. The zero-order valence-electron chi connectivity index (χ0n) is 12.5. The molecule has 23 heavy (non-hydrogen) atoms. The van der Waals surface area contributed by atoms with Gasteiger partial charge in [-0.25, -0.2) is 8.42 Å². The quantitative estimate of drug-likeness (QED) is 0.835. The summed E-state index contributed by atoms with van der Waals surface area (Å²) in [6.45, 7) is 2.16. The van der Waals surface area contributed by atoms with Crippen molar-refractivity contribution in [2.75, 3.05) is 19.8 Å². The Bertz CT molecular complexity index is 815. The van der Waals surface area contributed by atoms with Gasteiger partial charge in [-0.1, -0.05) is 6.07 Å². The molecule has 1 aromatic carbocycles. The molecular formula is C16H17NO4S2. The summed E-state index contributed by atoms with van der Waals surface area (Å²) in [4.78, 5) is 0. The van der Waals surface area contributed by atoms with Crippen LogP contribution in [0.4, 0.5) is 0 Å². The van der Waals surface area contributed by atoms with E-state index in [1.807, 2.05) is 12.1 Å². The minimum atomic E-state index is -3.41. The molecule has 0 unspecified atom stereocenters. The molecule has 0 bridgehead atoms. The summed E-state index contributed by atoms with van der Waals surface area (Å²) >= 11 is 1.26. The first-order valence-corrected chi connectivity index (χ1v) is 9.91. The predicted octanol–water partition coefficient (Wildman–Crippen LogP) is 2.66. The van der Waals surface area contributed by atoms with Crippen LogP contribution in [0.25, 0.3) is 0 Å². The second-order valence-electron chi connectivity index (χ2n) is 5.64. The van der Waals surface area contributed by atoms with Gasteiger partial charge in [0.05, 0.1) is 13.2 Å². The molecule has 2 aliphatic rings. The van der Waals surface area contributed by atoms with Crippen molar-refractivity contribution in [1.82, 2.24) is 4.31 Å². The van der Waals surface area contributed by atoms with Crippen LogP contribution in [0.2, 0.25) is 0 Å². The van der Waals surface area contributed by atoms with Gasteiger partial charge in [0, 0.05) is 19.5 Å². The Labute approximate surface area is 139 Å². The van der Waals surface area contributed by atoms with Crippen LogP contribution < -0.4 is 9.47 Å². The van der Waals surface area contributed by atoms with Crippen LogP contribution in [0, 0.1) is 0 Å². The third-order valence-electron chi connectivity index (χ3n) is 4.14. The lowest BCUT2D eigenvalue weighted by molar-refractivity contribution is 0.297.